The molecule has 0 spiro atoms. The maximum atomic E-state index is 13.3. The van der Waals surface area contributed by atoms with E-state index in [9.17, 15) is 18.3 Å². The van der Waals surface area contributed by atoms with Crippen LogP contribution < -0.4 is 4.90 Å². The maximum Gasteiger partial charge on any atom is 0.277 e. The summed E-state index contributed by atoms with van der Waals surface area (Å²) < 4.78 is 27.6. The highest BCUT2D eigenvalue weighted by molar-refractivity contribution is 7.91. The molecular weight excluding hydrogens is 444 g/mol. The molecule has 1 aliphatic heterocycles. The van der Waals surface area contributed by atoms with Gasteiger partial charge in [0.25, 0.3) is 5.91 Å². The molecule has 0 radical (unpaired) electrons. The predicted octanol–water partition coefficient (Wildman–Crippen LogP) is 1.71. The van der Waals surface area contributed by atoms with Gasteiger partial charge in [-0.3, -0.25) is 9.69 Å². The van der Waals surface area contributed by atoms with E-state index in [1.165, 1.54) is 14.4 Å². The Kier molecular flexibility index (Phi) is 7.25. The molecule has 1 aromatic carbocycles. The topological polar surface area (TPSA) is 116 Å². The Morgan fingerprint density at radius 2 is 1.87 bits per heavy atom. The van der Waals surface area contributed by atoms with E-state index in [-0.39, 0.29) is 48.5 Å². The summed E-state index contributed by atoms with van der Waals surface area (Å²) in [5.41, 5.74) is 0.843. The molecule has 1 amide bonds. The summed E-state index contributed by atoms with van der Waals surface area (Å²) in [6.07, 6.45) is 0.134. The highest BCUT2D eigenvalue weighted by Gasteiger charge is 2.41. The van der Waals surface area contributed by atoms with Crippen LogP contribution in [0.15, 0.2) is 29.4 Å². The molecule has 1 unspecified atom stereocenters. The van der Waals surface area contributed by atoms with Crippen molar-refractivity contribution in [3.8, 4) is 0 Å². The number of imidazole rings is 1. The van der Waals surface area contributed by atoms with Crippen molar-refractivity contribution >= 4 is 33.2 Å². The number of sulfone groups is 1. The summed E-state index contributed by atoms with van der Waals surface area (Å²) in [5, 5.41) is 20.1. The molecule has 3 rings (SSSR count). The lowest BCUT2D eigenvalue weighted by atomic mass is 10.2. The normalized spacial score (nSPS) is 16.7. The fraction of sp³-hybridized carbons (Fsp3) is 0.500. The Labute approximate surface area is 186 Å². The van der Waals surface area contributed by atoms with Crippen LogP contribution >= 0.6 is 11.6 Å². The van der Waals surface area contributed by atoms with Crippen molar-refractivity contribution in [2.24, 2.45) is 0 Å². The van der Waals surface area contributed by atoms with Crippen LogP contribution in [-0.2, 0) is 16.4 Å². The molecule has 2 aromatic rings. The monoisotopic (exact) mass is 470 g/mol. The van der Waals surface area contributed by atoms with E-state index in [1.54, 1.807) is 31.3 Å². The second-order valence-electron chi connectivity index (χ2n) is 7.48. The van der Waals surface area contributed by atoms with Crippen LogP contribution in [0.5, 0.6) is 0 Å². The number of amides is 1. The number of unbranched alkanes of at least 4 members (excludes halogenated alkanes) is 1. The van der Waals surface area contributed by atoms with Crippen molar-refractivity contribution < 1.29 is 23.4 Å². The number of anilines is 1. The number of fused-ring (bicyclic) bond motifs is 1. The van der Waals surface area contributed by atoms with Gasteiger partial charge >= 0.3 is 0 Å². The molecule has 0 fully saturated rings. The molecule has 2 N–H and O–H groups in total. The molecule has 0 bridgehead atoms. The second-order valence-corrected chi connectivity index (χ2v) is 9.92. The number of hydrogen-bond acceptors (Lipinski definition) is 7. The third kappa shape index (κ3) is 4.72. The van der Waals surface area contributed by atoms with Crippen molar-refractivity contribution in [2.75, 3.05) is 30.9 Å². The van der Waals surface area contributed by atoms with Gasteiger partial charge in [-0.1, -0.05) is 37.1 Å². The van der Waals surface area contributed by atoms with Crippen LogP contribution in [0.2, 0.25) is 5.02 Å². The number of aliphatic hydroxyl groups excluding tert-OH is 2. The third-order valence-electron chi connectivity index (χ3n) is 5.19. The number of carbonyl (C=O) groups excluding carboxylic acids is 1. The first kappa shape index (κ1) is 23.5. The van der Waals surface area contributed by atoms with Gasteiger partial charge in [0.05, 0.1) is 12.3 Å². The van der Waals surface area contributed by atoms with Gasteiger partial charge in [0.15, 0.2) is 11.5 Å². The standard InChI is InChI=1S/C20H27ClN4O5S/c1-3-4-12-31(29,30)19-22-17-16(25(19)13-14-6-8-15(21)9-7-14)18(27)24(10-5-11-26)20(28)23(17)2/h6-9,20,26,28H,3-5,10-13H2,1-2H3. The summed E-state index contributed by atoms with van der Waals surface area (Å²) in [7, 11) is -2.22. The Hall–Kier alpha value is -2.14. The van der Waals surface area contributed by atoms with Crippen LogP contribution in [0.3, 0.4) is 0 Å². The first-order valence-corrected chi connectivity index (χ1v) is 12.1. The van der Waals surface area contributed by atoms with Crippen LogP contribution in [-0.4, -0.2) is 71.3 Å². The van der Waals surface area contributed by atoms with Crippen molar-refractivity contribution in [3.05, 3.63) is 40.5 Å². The van der Waals surface area contributed by atoms with E-state index in [0.717, 1.165) is 5.56 Å². The van der Waals surface area contributed by atoms with Crippen LogP contribution in [0, 0.1) is 0 Å². The number of aliphatic hydroxyl groups is 2. The zero-order valence-corrected chi connectivity index (χ0v) is 19.1. The second kappa shape index (κ2) is 9.56. The molecule has 0 saturated heterocycles. The first-order chi connectivity index (χ1) is 14.7. The fourth-order valence-corrected chi connectivity index (χ4v) is 5.17. The quantitative estimate of drug-likeness (QED) is 0.573. The van der Waals surface area contributed by atoms with Gasteiger partial charge < -0.3 is 19.7 Å². The number of rotatable bonds is 9. The van der Waals surface area contributed by atoms with Crippen LogP contribution in [0.4, 0.5) is 5.82 Å². The van der Waals surface area contributed by atoms with Crippen molar-refractivity contribution in [1.29, 1.82) is 0 Å². The Morgan fingerprint density at radius 3 is 2.48 bits per heavy atom. The molecule has 9 nitrogen and oxygen atoms in total. The Morgan fingerprint density at radius 1 is 1.19 bits per heavy atom. The fourth-order valence-electron chi connectivity index (χ4n) is 3.48. The van der Waals surface area contributed by atoms with Gasteiger partial charge in [0.2, 0.25) is 21.3 Å². The van der Waals surface area contributed by atoms with Crippen molar-refractivity contribution in [1.82, 2.24) is 14.5 Å². The van der Waals surface area contributed by atoms with E-state index in [1.807, 2.05) is 6.92 Å². The maximum absolute atomic E-state index is 13.3. The van der Waals surface area contributed by atoms with E-state index in [2.05, 4.69) is 4.98 Å². The summed E-state index contributed by atoms with van der Waals surface area (Å²) in [4.78, 5) is 20.1. The molecule has 31 heavy (non-hydrogen) atoms. The average Bonchev–Trinajstić information content (AvgIpc) is 3.13. The summed E-state index contributed by atoms with van der Waals surface area (Å²) in [6.45, 7) is 1.97. The lowest BCUT2D eigenvalue weighted by molar-refractivity contribution is 0.00112. The first-order valence-electron chi connectivity index (χ1n) is 10.1. The molecule has 1 aromatic heterocycles. The Balaban J connectivity index is 2.15. The van der Waals surface area contributed by atoms with E-state index in [4.69, 9.17) is 16.7 Å². The molecule has 170 valence electrons. The SMILES string of the molecule is CCCCS(=O)(=O)c1nc2c(n1Cc1ccc(Cl)cc1)C(=O)N(CCCO)C(O)N2C. The van der Waals surface area contributed by atoms with Crippen molar-refractivity contribution in [3.63, 3.8) is 0 Å². The zero-order chi connectivity index (χ0) is 22.8. The number of carbonyl (C=O) groups is 1. The number of benzene rings is 1. The van der Waals surface area contributed by atoms with Crippen LogP contribution in [0.25, 0.3) is 0 Å². The summed E-state index contributed by atoms with van der Waals surface area (Å²) >= 11 is 5.97. The van der Waals surface area contributed by atoms with Gasteiger partial charge in [0.1, 0.15) is 0 Å². The number of aromatic nitrogens is 2. The van der Waals surface area contributed by atoms with Gasteiger partial charge in [-0.15, -0.1) is 0 Å². The molecule has 0 aliphatic carbocycles. The third-order valence-corrected chi connectivity index (χ3v) is 7.14. The minimum atomic E-state index is -3.77. The molecular formula is C20H27ClN4O5S. The average molecular weight is 471 g/mol. The van der Waals surface area contributed by atoms with E-state index < -0.39 is 22.1 Å². The highest BCUT2D eigenvalue weighted by atomic mass is 35.5. The molecule has 1 aliphatic rings. The predicted molar refractivity (Wildman–Crippen MR) is 117 cm³/mol. The molecule has 0 saturated carbocycles. The highest BCUT2D eigenvalue weighted by Crippen LogP contribution is 2.32. The largest absolute Gasteiger partial charge is 0.396 e. The number of halogens is 1. The minimum absolute atomic E-state index is 0.0886. The van der Waals surface area contributed by atoms with Crippen LogP contribution in [0.1, 0.15) is 42.2 Å². The molecule has 2 heterocycles. The van der Waals surface area contributed by atoms with Gasteiger partial charge in [0, 0.05) is 25.2 Å². The van der Waals surface area contributed by atoms with Gasteiger partial charge in [-0.2, -0.15) is 4.98 Å². The lowest BCUT2D eigenvalue weighted by Crippen LogP contribution is -2.54. The van der Waals surface area contributed by atoms with Gasteiger partial charge in [-0.05, 0) is 30.5 Å². The Bertz CT molecular complexity index is 1040. The zero-order valence-electron chi connectivity index (χ0n) is 17.5. The van der Waals surface area contributed by atoms with Gasteiger partial charge in [-0.25, -0.2) is 8.42 Å². The molecule has 1 atom stereocenters. The number of hydrogen-bond donors (Lipinski definition) is 2. The summed E-state index contributed by atoms with van der Waals surface area (Å²) in [5.74, 6) is -0.511. The summed E-state index contributed by atoms with van der Waals surface area (Å²) in [6, 6.07) is 6.90. The van der Waals surface area contributed by atoms with E-state index in [0.29, 0.717) is 17.9 Å². The van der Waals surface area contributed by atoms with Crippen molar-refractivity contribution in [2.45, 2.75) is 44.2 Å². The lowest BCUT2D eigenvalue weighted by Gasteiger charge is -2.38. The number of nitrogens with zero attached hydrogens (tertiary/aromatic N) is 4. The minimum Gasteiger partial charge on any atom is -0.396 e. The smallest absolute Gasteiger partial charge is 0.277 e. The molecule has 11 heteroatoms. The van der Waals surface area contributed by atoms with E-state index >= 15 is 0 Å².